The number of carbonyl (C=O) groups excluding carboxylic acids is 2. The van der Waals surface area contributed by atoms with E-state index in [9.17, 15) is 14.0 Å². The summed E-state index contributed by atoms with van der Waals surface area (Å²) in [5.74, 6) is 0.139. The average molecular weight is 409 g/mol. The Balaban J connectivity index is 1.23. The maximum atomic E-state index is 14.0. The number of allylic oxidation sites excluding steroid dienone is 2. The summed E-state index contributed by atoms with van der Waals surface area (Å²) in [5, 5.41) is 14.9. The molecule has 1 saturated carbocycles. The van der Waals surface area contributed by atoms with Gasteiger partial charge in [0.15, 0.2) is 5.96 Å². The van der Waals surface area contributed by atoms with Crippen LogP contribution in [-0.2, 0) is 16.1 Å². The second-order valence-corrected chi connectivity index (χ2v) is 7.95. The average Bonchev–Trinajstić information content (AvgIpc) is 3.43. The molecule has 3 aliphatic rings. The molecule has 156 valence electrons. The van der Waals surface area contributed by atoms with Crippen molar-refractivity contribution in [3.63, 3.8) is 0 Å². The Morgan fingerprint density at radius 3 is 2.53 bits per heavy atom. The van der Waals surface area contributed by atoms with E-state index in [-0.39, 0.29) is 47.6 Å². The van der Waals surface area contributed by atoms with Crippen molar-refractivity contribution >= 4 is 17.8 Å². The first-order chi connectivity index (χ1) is 14.5. The van der Waals surface area contributed by atoms with E-state index >= 15 is 0 Å². The molecule has 7 nitrogen and oxygen atoms in total. The number of hydrogen-bond acceptors (Lipinski definition) is 4. The number of guanidine groups is 1. The van der Waals surface area contributed by atoms with Crippen LogP contribution in [-0.4, -0.2) is 42.8 Å². The summed E-state index contributed by atoms with van der Waals surface area (Å²) in [5.41, 5.74) is 0.706. The van der Waals surface area contributed by atoms with Gasteiger partial charge < -0.3 is 10.6 Å². The molecule has 2 N–H and O–H groups in total. The zero-order chi connectivity index (χ0) is 21.3. The molecular formula is C22H24FN5O2. The Hall–Kier alpha value is -3.21. The van der Waals surface area contributed by atoms with Crippen molar-refractivity contribution in [3.05, 3.63) is 47.3 Å². The first kappa shape index (κ1) is 20.1. The van der Waals surface area contributed by atoms with E-state index in [1.54, 1.807) is 19.2 Å². The second-order valence-electron chi connectivity index (χ2n) is 7.95. The molecule has 1 aromatic carbocycles. The molecule has 1 heterocycles. The Morgan fingerprint density at radius 2 is 1.93 bits per heavy atom. The predicted molar refractivity (Wildman–Crippen MR) is 108 cm³/mol. The normalized spacial score (nSPS) is 26.8. The molecule has 1 aliphatic heterocycles. The minimum absolute atomic E-state index is 0.0272. The molecule has 0 spiro atoms. The Morgan fingerprint density at radius 1 is 1.23 bits per heavy atom. The van der Waals surface area contributed by atoms with Crippen LogP contribution in [0.1, 0.15) is 24.0 Å². The van der Waals surface area contributed by atoms with Gasteiger partial charge in [-0.25, -0.2) is 4.39 Å². The molecule has 30 heavy (non-hydrogen) atoms. The predicted octanol–water partition coefficient (Wildman–Crippen LogP) is 1.56. The molecule has 2 bridgehead atoms. The van der Waals surface area contributed by atoms with E-state index in [2.05, 4.69) is 27.8 Å². The number of nitrogens with one attached hydrogen (secondary N) is 2. The number of carbonyl (C=O) groups is 2. The molecule has 0 radical (unpaired) electrons. The molecule has 4 atom stereocenters. The van der Waals surface area contributed by atoms with Gasteiger partial charge in [0.1, 0.15) is 5.82 Å². The molecule has 2 fully saturated rings. The summed E-state index contributed by atoms with van der Waals surface area (Å²) in [4.78, 5) is 30.9. The van der Waals surface area contributed by atoms with E-state index < -0.39 is 5.82 Å². The lowest BCUT2D eigenvalue weighted by atomic mass is 9.85. The first-order valence-electron chi connectivity index (χ1n) is 10.2. The van der Waals surface area contributed by atoms with Crippen LogP contribution in [0.15, 0.2) is 35.3 Å². The van der Waals surface area contributed by atoms with Gasteiger partial charge in [0, 0.05) is 32.2 Å². The number of amides is 2. The molecule has 4 unspecified atom stereocenters. The Bertz CT molecular complexity index is 937. The van der Waals surface area contributed by atoms with Gasteiger partial charge in [0.25, 0.3) is 0 Å². The second kappa shape index (κ2) is 8.27. The molecule has 8 heteroatoms. The highest BCUT2D eigenvalue weighted by molar-refractivity contribution is 6.06. The summed E-state index contributed by atoms with van der Waals surface area (Å²) in [6.07, 6.45) is 5.72. The maximum absolute atomic E-state index is 14.0. The van der Waals surface area contributed by atoms with Crippen LogP contribution >= 0.6 is 0 Å². The third-order valence-electron chi connectivity index (χ3n) is 6.26. The third-order valence-corrected chi connectivity index (χ3v) is 6.26. The van der Waals surface area contributed by atoms with E-state index in [1.807, 2.05) is 6.07 Å². The molecule has 2 amide bonds. The van der Waals surface area contributed by atoms with Gasteiger partial charge in [-0.05, 0) is 36.8 Å². The van der Waals surface area contributed by atoms with Crippen molar-refractivity contribution in [1.82, 2.24) is 15.5 Å². The van der Waals surface area contributed by atoms with Gasteiger partial charge in [-0.1, -0.05) is 18.2 Å². The van der Waals surface area contributed by atoms with Gasteiger partial charge >= 0.3 is 0 Å². The number of rotatable bonds is 6. The number of imide groups is 1. The van der Waals surface area contributed by atoms with Crippen molar-refractivity contribution < 1.29 is 14.0 Å². The zero-order valence-corrected chi connectivity index (χ0v) is 16.8. The summed E-state index contributed by atoms with van der Waals surface area (Å²) >= 11 is 0. The maximum Gasteiger partial charge on any atom is 0.233 e. The minimum atomic E-state index is -0.447. The topological polar surface area (TPSA) is 97.6 Å². The van der Waals surface area contributed by atoms with Crippen molar-refractivity contribution in [3.8, 4) is 6.07 Å². The highest BCUT2D eigenvalue weighted by atomic mass is 19.1. The highest BCUT2D eigenvalue weighted by Gasteiger charge is 2.58. The fourth-order valence-electron chi connectivity index (χ4n) is 4.79. The standard InChI is InChI=1S/C22H24FN5O2/c1-25-22(27-12-16-4-3-13(11-24)9-17(16)23)26-7-2-8-28-20(29)18-14-5-6-15(10-14)19(18)21(28)30/h3-6,9,14-15,18-19H,2,7-8,10,12H2,1H3,(H2,25,26,27). The first-order valence-corrected chi connectivity index (χ1v) is 10.2. The van der Waals surface area contributed by atoms with Crippen LogP contribution in [0.3, 0.4) is 0 Å². The van der Waals surface area contributed by atoms with E-state index in [4.69, 9.17) is 5.26 Å². The lowest BCUT2D eigenvalue weighted by Crippen LogP contribution is -2.39. The smallest absolute Gasteiger partial charge is 0.233 e. The van der Waals surface area contributed by atoms with Crippen molar-refractivity contribution in [2.24, 2.45) is 28.7 Å². The highest BCUT2D eigenvalue weighted by Crippen LogP contribution is 2.52. The van der Waals surface area contributed by atoms with E-state index in [1.165, 1.54) is 11.0 Å². The zero-order valence-electron chi connectivity index (χ0n) is 16.8. The number of hydrogen-bond donors (Lipinski definition) is 2. The SMILES string of the molecule is CN=C(NCCCN1C(=O)C2C3C=CC(C3)C2C1=O)NCc1ccc(C#N)cc1F. The summed E-state index contributed by atoms with van der Waals surface area (Å²) in [6.45, 7) is 1.13. The lowest BCUT2D eigenvalue weighted by Gasteiger charge is -2.18. The van der Waals surface area contributed by atoms with Crippen LogP contribution in [0.2, 0.25) is 0 Å². The number of nitrogens with zero attached hydrogens (tertiary/aromatic N) is 3. The minimum Gasteiger partial charge on any atom is -0.356 e. The van der Waals surface area contributed by atoms with Gasteiger partial charge in [-0.2, -0.15) is 5.26 Å². The van der Waals surface area contributed by atoms with E-state index in [0.29, 0.717) is 31.0 Å². The number of nitriles is 1. The molecule has 1 saturated heterocycles. The summed E-state index contributed by atoms with van der Waals surface area (Å²) in [6, 6.07) is 6.24. The monoisotopic (exact) mass is 409 g/mol. The van der Waals surface area contributed by atoms with Crippen LogP contribution in [0.4, 0.5) is 4.39 Å². The lowest BCUT2D eigenvalue weighted by molar-refractivity contribution is -0.140. The van der Waals surface area contributed by atoms with Gasteiger partial charge in [-0.3, -0.25) is 19.5 Å². The number of halogens is 1. The summed E-state index contributed by atoms with van der Waals surface area (Å²) < 4.78 is 14.0. The van der Waals surface area contributed by atoms with Crippen molar-refractivity contribution in [2.75, 3.05) is 20.1 Å². The van der Waals surface area contributed by atoms with E-state index in [0.717, 1.165) is 6.42 Å². The van der Waals surface area contributed by atoms with Crippen molar-refractivity contribution in [1.29, 1.82) is 5.26 Å². The Labute approximate surface area is 174 Å². The van der Waals surface area contributed by atoms with Crippen LogP contribution in [0, 0.1) is 40.8 Å². The van der Waals surface area contributed by atoms with Crippen LogP contribution < -0.4 is 10.6 Å². The van der Waals surface area contributed by atoms with Crippen LogP contribution in [0.5, 0.6) is 0 Å². The molecule has 2 aliphatic carbocycles. The largest absolute Gasteiger partial charge is 0.356 e. The Kier molecular flexibility index (Phi) is 5.53. The molecule has 4 rings (SSSR count). The molecule has 1 aromatic rings. The van der Waals surface area contributed by atoms with Crippen molar-refractivity contribution in [2.45, 2.75) is 19.4 Å². The number of aliphatic imine (C=N–C) groups is 1. The number of benzene rings is 1. The summed E-state index contributed by atoms with van der Waals surface area (Å²) in [7, 11) is 1.61. The van der Waals surface area contributed by atoms with Gasteiger partial charge in [0.05, 0.1) is 23.5 Å². The number of fused-ring (bicyclic) bond motifs is 5. The van der Waals surface area contributed by atoms with Gasteiger partial charge in [-0.15, -0.1) is 0 Å². The fourth-order valence-corrected chi connectivity index (χ4v) is 4.79. The van der Waals surface area contributed by atoms with Crippen LogP contribution in [0.25, 0.3) is 0 Å². The number of likely N-dealkylation sites (tertiary alicyclic amines) is 1. The molecular weight excluding hydrogens is 385 g/mol. The van der Waals surface area contributed by atoms with Gasteiger partial charge in [0.2, 0.25) is 11.8 Å². The molecule has 0 aromatic heterocycles. The third kappa shape index (κ3) is 3.56. The quantitative estimate of drug-likeness (QED) is 0.244. The fraction of sp³-hybridized carbons (Fsp3) is 0.455.